The van der Waals surface area contributed by atoms with E-state index in [0.29, 0.717) is 18.7 Å². The zero-order valence-corrected chi connectivity index (χ0v) is 18.2. The van der Waals surface area contributed by atoms with Crippen LogP contribution in [0.25, 0.3) is 0 Å². The standard InChI is InChI=1S/C24H30FN3O3/c1-3-17(2)28-15-20(23(30)26-14-18-9-8-10-19(25)13-18)22(29)21(16-28)24(31)27-11-6-4-5-7-12-27/h8-10,13,15-17H,3-7,11-12,14H2,1-2H3,(H,26,30)/t17-/m1/s1. The van der Waals surface area contributed by atoms with Gasteiger partial charge in [0.15, 0.2) is 0 Å². The van der Waals surface area contributed by atoms with E-state index in [-0.39, 0.29) is 29.6 Å². The highest BCUT2D eigenvalue weighted by Crippen LogP contribution is 2.15. The summed E-state index contributed by atoms with van der Waals surface area (Å²) in [6.07, 6.45) is 7.85. The van der Waals surface area contributed by atoms with Crippen LogP contribution in [0.2, 0.25) is 0 Å². The van der Waals surface area contributed by atoms with Crippen LogP contribution >= 0.6 is 0 Å². The second kappa shape index (κ2) is 10.4. The first-order chi connectivity index (χ1) is 14.9. The summed E-state index contributed by atoms with van der Waals surface area (Å²) in [7, 11) is 0. The molecule has 6 nitrogen and oxygen atoms in total. The van der Waals surface area contributed by atoms with Gasteiger partial charge in [-0.2, -0.15) is 0 Å². The highest BCUT2D eigenvalue weighted by molar-refractivity contribution is 5.99. The molecule has 1 saturated heterocycles. The van der Waals surface area contributed by atoms with Gasteiger partial charge in [0.1, 0.15) is 16.9 Å². The third kappa shape index (κ3) is 5.60. The Morgan fingerprint density at radius 1 is 1.10 bits per heavy atom. The van der Waals surface area contributed by atoms with Crippen LogP contribution in [-0.4, -0.2) is 34.4 Å². The van der Waals surface area contributed by atoms with Gasteiger partial charge in [0, 0.05) is 38.1 Å². The minimum atomic E-state index is -0.572. The minimum Gasteiger partial charge on any atom is -0.350 e. The molecule has 0 unspecified atom stereocenters. The van der Waals surface area contributed by atoms with E-state index in [2.05, 4.69) is 5.32 Å². The molecule has 0 spiro atoms. The van der Waals surface area contributed by atoms with Crippen LogP contribution in [-0.2, 0) is 6.54 Å². The molecule has 0 bridgehead atoms. The van der Waals surface area contributed by atoms with Gasteiger partial charge >= 0.3 is 0 Å². The number of pyridine rings is 1. The highest BCUT2D eigenvalue weighted by Gasteiger charge is 2.24. The molecule has 1 aliphatic heterocycles. The van der Waals surface area contributed by atoms with Gasteiger partial charge in [-0.3, -0.25) is 14.4 Å². The molecule has 0 saturated carbocycles. The first-order valence-corrected chi connectivity index (χ1v) is 11.0. The fourth-order valence-corrected chi connectivity index (χ4v) is 3.75. The second-order valence-electron chi connectivity index (χ2n) is 8.14. The molecule has 1 N–H and O–H groups in total. The molecule has 0 aliphatic carbocycles. The van der Waals surface area contributed by atoms with Crippen molar-refractivity contribution in [3.05, 3.63) is 69.4 Å². The maximum Gasteiger partial charge on any atom is 0.259 e. The van der Waals surface area contributed by atoms with E-state index < -0.39 is 17.2 Å². The van der Waals surface area contributed by atoms with E-state index in [0.717, 1.165) is 32.1 Å². The summed E-state index contributed by atoms with van der Waals surface area (Å²) < 4.78 is 15.2. The van der Waals surface area contributed by atoms with Crippen LogP contribution in [0, 0.1) is 5.82 Å². The fraction of sp³-hybridized carbons (Fsp3) is 0.458. The average molecular weight is 428 g/mol. The van der Waals surface area contributed by atoms with Gasteiger partial charge in [-0.15, -0.1) is 0 Å². The Labute approximate surface area is 182 Å². The first kappa shape index (κ1) is 22.7. The summed E-state index contributed by atoms with van der Waals surface area (Å²) in [6.45, 7) is 5.31. The van der Waals surface area contributed by atoms with Gasteiger partial charge in [-0.05, 0) is 43.9 Å². The molecule has 0 radical (unpaired) electrons. The maximum absolute atomic E-state index is 13.4. The molecule has 1 aromatic carbocycles. The minimum absolute atomic E-state index is 0.0195. The number of amides is 2. The number of hydrogen-bond acceptors (Lipinski definition) is 3. The normalized spacial score (nSPS) is 15.3. The molecule has 1 fully saturated rings. The number of rotatable bonds is 6. The summed E-state index contributed by atoms with van der Waals surface area (Å²) in [5, 5.41) is 2.68. The van der Waals surface area contributed by atoms with Crippen LogP contribution in [0.4, 0.5) is 4.39 Å². The van der Waals surface area contributed by atoms with Gasteiger partial charge in [0.05, 0.1) is 0 Å². The lowest BCUT2D eigenvalue weighted by molar-refractivity contribution is 0.0759. The van der Waals surface area contributed by atoms with Crippen molar-refractivity contribution in [3.63, 3.8) is 0 Å². The number of carbonyl (C=O) groups is 2. The number of nitrogens with one attached hydrogen (secondary N) is 1. The third-order valence-electron chi connectivity index (χ3n) is 5.86. The molecule has 2 aromatic rings. The molecular formula is C24H30FN3O3. The van der Waals surface area contributed by atoms with E-state index >= 15 is 0 Å². The van der Waals surface area contributed by atoms with Crippen molar-refractivity contribution in [3.8, 4) is 0 Å². The van der Waals surface area contributed by atoms with Gasteiger partial charge in [-0.1, -0.05) is 31.9 Å². The number of carbonyl (C=O) groups excluding carboxylic acids is 2. The van der Waals surface area contributed by atoms with Crippen molar-refractivity contribution >= 4 is 11.8 Å². The molecule has 3 rings (SSSR count). The predicted molar refractivity (Wildman–Crippen MR) is 118 cm³/mol. The van der Waals surface area contributed by atoms with Gasteiger partial charge < -0.3 is 14.8 Å². The van der Waals surface area contributed by atoms with Crippen LogP contribution < -0.4 is 10.7 Å². The van der Waals surface area contributed by atoms with E-state index in [1.807, 2.05) is 13.8 Å². The summed E-state index contributed by atoms with van der Waals surface area (Å²) in [6, 6.07) is 5.93. The Bertz CT molecular complexity index is 994. The van der Waals surface area contributed by atoms with Crippen molar-refractivity contribution in [2.24, 2.45) is 0 Å². The quantitative estimate of drug-likeness (QED) is 0.760. The average Bonchev–Trinajstić information content (AvgIpc) is 3.06. The Morgan fingerprint density at radius 2 is 1.77 bits per heavy atom. The fourth-order valence-electron chi connectivity index (χ4n) is 3.75. The summed E-state index contributed by atoms with van der Waals surface area (Å²) >= 11 is 0. The zero-order chi connectivity index (χ0) is 22.4. The molecule has 2 heterocycles. The number of halogens is 1. The van der Waals surface area contributed by atoms with Crippen molar-refractivity contribution in [1.29, 1.82) is 0 Å². The Kier molecular flexibility index (Phi) is 7.60. The van der Waals surface area contributed by atoms with E-state index in [1.54, 1.807) is 27.8 Å². The molecule has 166 valence electrons. The summed E-state index contributed by atoms with van der Waals surface area (Å²) in [4.78, 5) is 40.9. The second-order valence-corrected chi connectivity index (χ2v) is 8.14. The van der Waals surface area contributed by atoms with Crippen molar-refractivity contribution in [2.75, 3.05) is 13.1 Å². The van der Waals surface area contributed by atoms with Crippen molar-refractivity contribution in [2.45, 2.75) is 58.5 Å². The lowest BCUT2D eigenvalue weighted by Crippen LogP contribution is -2.38. The first-order valence-electron chi connectivity index (χ1n) is 11.0. The monoisotopic (exact) mass is 427 g/mol. The lowest BCUT2D eigenvalue weighted by Gasteiger charge is -2.22. The molecule has 2 amide bonds. The summed E-state index contributed by atoms with van der Waals surface area (Å²) in [5.41, 5.74) is -0.0177. The van der Waals surface area contributed by atoms with Crippen LogP contribution in [0.1, 0.15) is 78.3 Å². The molecule has 7 heteroatoms. The van der Waals surface area contributed by atoms with E-state index in [1.165, 1.54) is 18.3 Å². The molecule has 1 atom stereocenters. The molecule has 1 aromatic heterocycles. The van der Waals surface area contributed by atoms with E-state index in [9.17, 15) is 18.8 Å². The smallest absolute Gasteiger partial charge is 0.259 e. The highest BCUT2D eigenvalue weighted by atomic mass is 19.1. The predicted octanol–water partition coefficient (Wildman–Crippen LogP) is 3.90. The van der Waals surface area contributed by atoms with Crippen molar-refractivity contribution < 1.29 is 14.0 Å². The van der Waals surface area contributed by atoms with E-state index in [4.69, 9.17) is 0 Å². The van der Waals surface area contributed by atoms with Gasteiger partial charge in [-0.25, -0.2) is 4.39 Å². The Hall–Kier alpha value is -2.96. The number of benzene rings is 1. The zero-order valence-electron chi connectivity index (χ0n) is 18.2. The maximum atomic E-state index is 13.4. The number of aromatic nitrogens is 1. The number of likely N-dealkylation sites (tertiary alicyclic amines) is 1. The third-order valence-corrected chi connectivity index (χ3v) is 5.86. The molecule has 31 heavy (non-hydrogen) atoms. The Balaban J connectivity index is 1.91. The lowest BCUT2D eigenvalue weighted by atomic mass is 10.1. The molecule has 1 aliphatic rings. The molecular weight excluding hydrogens is 397 g/mol. The van der Waals surface area contributed by atoms with Crippen LogP contribution in [0.3, 0.4) is 0 Å². The van der Waals surface area contributed by atoms with Crippen LogP contribution in [0.15, 0.2) is 41.5 Å². The topological polar surface area (TPSA) is 71.4 Å². The number of hydrogen-bond donors (Lipinski definition) is 1. The van der Waals surface area contributed by atoms with Gasteiger partial charge in [0.2, 0.25) is 5.43 Å². The Morgan fingerprint density at radius 3 is 2.42 bits per heavy atom. The van der Waals surface area contributed by atoms with Gasteiger partial charge in [0.25, 0.3) is 11.8 Å². The largest absolute Gasteiger partial charge is 0.350 e. The van der Waals surface area contributed by atoms with Crippen LogP contribution in [0.5, 0.6) is 0 Å². The van der Waals surface area contributed by atoms with Crippen molar-refractivity contribution in [1.82, 2.24) is 14.8 Å². The summed E-state index contributed by atoms with van der Waals surface area (Å²) in [5.74, 6) is -1.28. The SMILES string of the molecule is CC[C@@H](C)n1cc(C(=O)NCc2cccc(F)c2)c(=O)c(C(=O)N2CCCCCC2)c1. The number of nitrogens with zero attached hydrogens (tertiary/aromatic N) is 2.